The topological polar surface area (TPSA) is 0 Å². The fourth-order valence-corrected chi connectivity index (χ4v) is 4.77. The van der Waals surface area contributed by atoms with Crippen LogP contribution in [0.4, 0.5) is 0 Å². The third-order valence-corrected chi connectivity index (χ3v) is 5.77. The van der Waals surface area contributed by atoms with Crippen molar-refractivity contribution >= 4 is 22.4 Å². The third-order valence-electron chi connectivity index (χ3n) is 5.77. The predicted octanol–water partition coefficient (Wildman–Crippen LogP) is 5.88. The van der Waals surface area contributed by atoms with E-state index < -0.39 is 0 Å². The van der Waals surface area contributed by atoms with E-state index in [1.165, 1.54) is 44.2 Å². The quantitative estimate of drug-likeness (QED) is 0.570. The standard InChI is InChI=1S/C24H16/c1-2-10-20-18(6-1)15-24-13-4-3-9-19(24)14-17-8-5-7-16-11-12-21(20)23(24)22(16)17/h1,3-15H,2H2. The summed E-state index contributed by atoms with van der Waals surface area (Å²) in [5.74, 6) is 0. The van der Waals surface area contributed by atoms with Crippen molar-refractivity contribution in [1.29, 1.82) is 0 Å². The number of rotatable bonds is 0. The summed E-state index contributed by atoms with van der Waals surface area (Å²) in [6.45, 7) is 0. The molecule has 0 nitrogen and oxygen atoms in total. The van der Waals surface area contributed by atoms with Gasteiger partial charge in [-0.2, -0.15) is 0 Å². The first-order valence-electron chi connectivity index (χ1n) is 8.61. The van der Waals surface area contributed by atoms with Gasteiger partial charge in [0.25, 0.3) is 0 Å². The van der Waals surface area contributed by atoms with Gasteiger partial charge < -0.3 is 0 Å². The van der Waals surface area contributed by atoms with E-state index in [9.17, 15) is 0 Å². The van der Waals surface area contributed by atoms with Crippen LogP contribution in [0.25, 0.3) is 22.4 Å². The highest BCUT2D eigenvalue weighted by atomic mass is 14.4. The molecule has 0 amide bonds. The molecular weight excluding hydrogens is 288 g/mol. The smallest absolute Gasteiger partial charge is 0.0587 e. The van der Waals surface area contributed by atoms with Crippen molar-refractivity contribution in [3.05, 3.63) is 107 Å². The van der Waals surface area contributed by atoms with Crippen molar-refractivity contribution in [2.45, 2.75) is 11.8 Å². The Labute approximate surface area is 141 Å². The molecule has 1 atom stereocenters. The molecule has 24 heavy (non-hydrogen) atoms. The van der Waals surface area contributed by atoms with Crippen molar-refractivity contribution in [2.24, 2.45) is 0 Å². The van der Waals surface area contributed by atoms with Gasteiger partial charge in [0.1, 0.15) is 0 Å². The van der Waals surface area contributed by atoms with Crippen molar-refractivity contribution in [2.75, 3.05) is 0 Å². The van der Waals surface area contributed by atoms with E-state index in [-0.39, 0.29) is 5.41 Å². The zero-order valence-corrected chi connectivity index (χ0v) is 13.3. The molecule has 0 heteroatoms. The summed E-state index contributed by atoms with van der Waals surface area (Å²) in [6.07, 6.45) is 21.8. The Kier molecular flexibility index (Phi) is 2.17. The van der Waals surface area contributed by atoms with Crippen LogP contribution in [0.5, 0.6) is 0 Å². The minimum Gasteiger partial charge on any atom is -0.0801 e. The van der Waals surface area contributed by atoms with Crippen LogP contribution in [0.3, 0.4) is 0 Å². The van der Waals surface area contributed by atoms with Crippen LogP contribution in [0.2, 0.25) is 0 Å². The van der Waals surface area contributed by atoms with Gasteiger partial charge >= 0.3 is 0 Å². The zero-order valence-electron chi connectivity index (χ0n) is 13.3. The molecule has 0 radical (unpaired) electrons. The predicted molar refractivity (Wildman–Crippen MR) is 102 cm³/mol. The van der Waals surface area contributed by atoms with Crippen LogP contribution < -0.4 is 0 Å². The lowest BCUT2D eigenvalue weighted by atomic mass is 9.60. The Morgan fingerprint density at radius 2 is 1.96 bits per heavy atom. The first kappa shape index (κ1) is 12.5. The first-order chi connectivity index (χ1) is 11.9. The summed E-state index contributed by atoms with van der Waals surface area (Å²) in [6, 6.07) is 11.3. The minimum atomic E-state index is -0.119. The molecular formula is C24H16. The molecule has 0 fully saturated rings. The maximum atomic E-state index is 2.47. The summed E-state index contributed by atoms with van der Waals surface area (Å²) in [7, 11) is 0. The largest absolute Gasteiger partial charge is 0.0801 e. The van der Waals surface area contributed by atoms with Gasteiger partial charge in [-0.15, -0.1) is 0 Å². The van der Waals surface area contributed by atoms with Crippen molar-refractivity contribution < 1.29 is 0 Å². The van der Waals surface area contributed by atoms with Gasteiger partial charge in [0.2, 0.25) is 0 Å². The maximum absolute atomic E-state index is 2.47. The van der Waals surface area contributed by atoms with Gasteiger partial charge in [-0.1, -0.05) is 78.9 Å². The molecule has 6 rings (SSSR count). The van der Waals surface area contributed by atoms with Crippen LogP contribution >= 0.6 is 0 Å². The summed E-state index contributed by atoms with van der Waals surface area (Å²) < 4.78 is 0. The van der Waals surface area contributed by atoms with E-state index in [4.69, 9.17) is 0 Å². The fraction of sp³-hybridized carbons (Fsp3) is 0.0833. The Morgan fingerprint density at radius 1 is 0.958 bits per heavy atom. The maximum Gasteiger partial charge on any atom is 0.0587 e. The van der Waals surface area contributed by atoms with Gasteiger partial charge in [-0.05, 0) is 56.7 Å². The molecule has 0 aromatic heterocycles. The van der Waals surface area contributed by atoms with Crippen LogP contribution in [0.1, 0.15) is 23.1 Å². The number of allylic oxidation sites excluding steroid dienone is 11. The molecule has 1 spiro atoms. The molecule has 0 saturated heterocycles. The zero-order chi connectivity index (χ0) is 15.7. The second-order valence-electron chi connectivity index (χ2n) is 6.98. The van der Waals surface area contributed by atoms with E-state index in [1.54, 1.807) is 0 Å². The number of benzene rings is 2. The Morgan fingerprint density at radius 3 is 2.96 bits per heavy atom. The minimum absolute atomic E-state index is 0.119. The molecule has 2 aromatic carbocycles. The number of hydrogen-bond donors (Lipinski definition) is 0. The van der Waals surface area contributed by atoms with E-state index in [0.717, 1.165) is 6.42 Å². The van der Waals surface area contributed by atoms with Gasteiger partial charge in [-0.3, -0.25) is 0 Å². The van der Waals surface area contributed by atoms with E-state index >= 15 is 0 Å². The summed E-state index contributed by atoms with van der Waals surface area (Å²) in [5.41, 5.74) is 8.24. The SMILES string of the molecule is C1=CC2=Cc3cccc4ccc5c(c34)C2(C=C1)C=C1C=CCC=C15. The summed E-state index contributed by atoms with van der Waals surface area (Å²) in [4.78, 5) is 0. The lowest BCUT2D eigenvalue weighted by molar-refractivity contribution is 0.801. The van der Waals surface area contributed by atoms with Gasteiger partial charge in [0.05, 0.1) is 5.41 Å². The van der Waals surface area contributed by atoms with Gasteiger partial charge in [0.15, 0.2) is 0 Å². The van der Waals surface area contributed by atoms with Crippen LogP contribution in [0.15, 0.2) is 90.1 Å². The highest BCUT2D eigenvalue weighted by Gasteiger charge is 2.41. The molecule has 2 aromatic rings. The summed E-state index contributed by atoms with van der Waals surface area (Å²) in [5, 5.41) is 2.76. The van der Waals surface area contributed by atoms with Gasteiger partial charge in [0, 0.05) is 0 Å². The second kappa shape index (κ2) is 4.15. The molecule has 4 aliphatic rings. The number of hydrogen-bond acceptors (Lipinski definition) is 0. The van der Waals surface area contributed by atoms with Crippen molar-refractivity contribution in [1.82, 2.24) is 0 Å². The Hall–Kier alpha value is -2.86. The molecule has 0 heterocycles. The number of fused-ring (bicyclic) bond motifs is 2. The average Bonchev–Trinajstić information content (AvgIpc) is 2.64. The Bertz CT molecular complexity index is 1110. The lowest BCUT2D eigenvalue weighted by Crippen LogP contribution is -2.31. The van der Waals surface area contributed by atoms with Crippen LogP contribution in [-0.4, -0.2) is 0 Å². The fourth-order valence-electron chi connectivity index (χ4n) is 4.77. The Balaban J connectivity index is 1.87. The van der Waals surface area contributed by atoms with E-state index in [1.807, 2.05) is 0 Å². The molecule has 1 unspecified atom stereocenters. The van der Waals surface area contributed by atoms with Gasteiger partial charge in [-0.25, -0.2) is 0 Å². The molecule has 112 valence electrons. The van der Waals surface area contributed by atoms with Crippen molar-refractivity contribution in [3.63, 3.8) is 0 Å². The molecule has 4 aliphatic carbocycles. The lowest BCUT2D eigenvalue weighted by Gasteiger charge is -2.42. The highest BCUT2D eigenvalue weighted by molar-refractivity contribution is 6.05. The van der Waals surface area contributed by atoms with E-state index in [2.05, 4.69) is 85.0 Å². The molecule has 0 saturated carbocycles. The van der Waals surface area contributed by atoms with Crippen molar-refractivity contribution in [3.8, 4) is 0 Å². The van der Waals surface area contributed by atoms with Crippen LogP contribution in [-0.2, 0) is 5.41 Å². The molecule has 0 bridgehead atoms. The highest BCUT2D eigenvalue weighted by Crippen LogP contribution is 2.54. The first-order valence-corrected chi connectivity index (χ1v) is 8.61. The summed E-state index contributed by atoms with van der Waals surface area (Å²) >= 11 is 0. The second-order valence-corrected chi connectivity index (χ2v) is 6.98. The van der Waals surface area contributed by atoms with E-state index in [0.29, 0.717) is 0 Å². The monoisotopic (exact) mass is 304 g/mol. The normalized spacial score (nSPS) is 24.9. The van der Waals surface area contributed by atoms with Crippen LogP contribution in [0, 0.1) is 0 Å². The molecule has 0 aliphatic heterocycles. The third kappa shape index (κ3) is 1.36. The molecule has 0 N–H and O–H groups in total. The average molecular weight is 304 g/mol.